The number of hydrogen-bond donors (Lipinski definition) is 0. The average molecular weight is 731 g/mol. The first kappa shape index (κ1) is 31.2. The third-order valence-electron chi connectivity index (χ3n) is 11.3. The second-order valence-electron chi connectivity index (χ2n) is 14.3. The SMILES string of the molecule is c1ccc(-c2nc(-c3cccc4c3sc3c(-c5ccc6c7ccccc7c7ccccc7c6c5)cccc34)nc(-n3c4ccccc4c4ccccc43)n2)cc1. The van der Waals surface area contributed by atoms with Crippen LogP contribution in [0.4, 0.5) is 0 Å². The summed E-state index contributed by atoms with van der Waals surface area (Å²) < 4.78 is 4.59. The molecule has 0 radical (unpaired) electrons. The Morgan fingerprint density at radius 2 is 0.804 bits per heavy atom. The summed E-state index contributed by atoms with van der Waals surface area (Å²) >= 11 is 1.82. The van der Waals surface area contributed by atoms with E-state index in [0.29, 0.717) is 17.6 Å². The second kappa shape index (κ2) is 12.2. The lowest BCUT2D eigenvalue weighted by atomic mass is 9.92. The molecule has 0 bridgehead atoms. The normalized spacial score (nSPS) is 11.9. The van der Waals surface area contributed by atoms with Crippen molar-refractivity contribution in [1.82, 2.24) is 19.5 Å². The predicted molar refractivity (Wildman–Crippen MR) is 236 cm³/mol. The van der Waals surface area contributed by atoms with Crippen molar-refractivity contribution in [1.29, 1.82) is 0 Å². The van der Waals surface area contributed by atoms with Crippen molar-refractivity contribution in [2.45, 2.75) is 0 Å². The summed E-state index contributed by atoms with van der Waals surface area (Å²) in [6.07, 6.45) is 0. The van der Waals surface area contributed by atoms with E-state index in [9.17, 15) is 0 Å². The van der Waals surface area contributed by atoms with Crippen LogP contribution in [0.3, 0.4) is 0 Å². The standard InChI is InChI=1S/C51H30N4S/c1-2-14-31(15-3-1)49-52-50(54-51(53-49)55-45-26-10-8-20-39(45)40-21-9-11-27-46(40)55)43-25-13-24-42-41-23-12-22-33(47(41)56-48(42)43)32-28-29-38-36-18-5-4-16-34(36)35-17-6-7-19-37(35)44(38)30-32/h1-30H. The molecule has 9 aromatic carbocycles. The summed E-state index contributed by atoms with van der Waals surface area (Å²) in [7, 11) is 0. The number of fused-ring (bicyclic) bond motifs is 12. The smallest absolute Gasteiger partial charge is 0.238 e. The van der Waals surface area contributed by atoms with Gasteiger partial charge in [-0.15, -0.1) is 11.3 Å². The lowest BCUT2D eigenvalue weighted by Gasteiger charge is -2.12. The van der Waals surface area contributed by atoms with Crippen LogP contribution in [0, 0.1) is 0 Å². The minimum Gasteiger partial charge on any atom is -0.278 e. The summed E-state index contributed by atoms with van der Waals surface area (Å²) in [5, 5.41) is 12.4. The van der Waals surface area contributed by atoms with Crippen LogP contribution in [0.5, 0.6) is 0 Å². The fourth-order valence-corrected chi connectivity index (χ4v) is 10.1. The number of hydrogen-bond acceptors (Lipinski definition) is 4. The van der Waals surface area contributed by atoms with Crippen LogP contribution in [0.2, 0.25) is 0 Å². The molecule has 0 fully saturated rings. The van der Waals surface area contributed by atoms with Crippen LogP contribution in [0.15, 0.2) is 182 Å². The fraction of sp³-hybridized carbons (Fsp3) is 0. The Balaban J connectivity index is 1.09. The molecule has 12 rings (SSSR count). The highest BCUT2D eigenvalue weighted by Gasteiger charge is 2.21. The van der Waals surface area contributed by atoms with Crippen molar-refractivity contribution in [3.63, 3.8) is 0 Å². The van der Waals surface area contributed by atoms with Gasteiger partial charge in [0.15, 0.2) is 11.6 Å². The minimum atomic E-state index is 0.598. The summed E-state index contributed by atoms with van der Waals surface area (Å²) in [5.74, 6) is 1.89. The molecule has 3 aromatic heterocycles. The second-order valence-corrected chi connectivity index (χ2v) is 15.4. The van der Waals surface area contributed by atoms with Crippen LogP contribution in [-0.4, -0.2) is 19.5 Å². The Hall–Kier alpha value is -7.21. The maximum absolute atomic E-state index is 5.31. The van der Waals surface area contributed by atoms with Gasteiger partial charge in [-0.3, -0.25) is 4.57 Å². The summed E-state index contributed by atoms with van der Waals surface area (Å²) in [6.45, 7) is 0. The van der Waals surface area contributed by atoms with Gasteiger partial charge in [0, 0.05) is 42.1 Å². The maximum Gasteiger partial charge on any atom is 0.238 e. The topological polar surface area (TPSA) is 43.6 Å². The van der Waals surface area contributed by atoms with Crippen molar-refractivity contribution in [2.24, 2.45) is 0 Å². The van der Waals surface area contributed by atoms with Crippen molar-refractivity contribution in [3.8, 4) is 39.9 Å². The van der Waals surface area contributed by atoms with E-state index in [1.807, 2.05) is 29.5 Å². The van der Waals surface area contributed by atoms with Gasteiger partial charge in [0.25, 0.3) is 0 Å². The van der Waals surface area contributed by atoms with E-state index in [1.165, 1.54) is 69.7 Å². The molecule has 0 unspecified atom stereocenters. The van der Waals surface area contributed by atoms with Crippen molar-refractivity contribution < 1.29 is 0 Å². The van der Waals surface area contributed by atoms with Gasteiger partial charge in [-0.1, -0.05) is 158 Å². The van der Waals surface area contributed by atoms with E-state index < -0.39 is 0 Å². The summed E-state index contributed by atoms with van der Waals surface area (Å²) in [5.41, 5.74) is 6.49. The Kier molecular flexibility index (Phi) is 6.76. The van der Waals surface area contributed by atoms with Crippen LogP contribution < -0.4 is 0 Å². The quantitative estimate of drug-likeness (QED) is 0.169. The molecule has 0 saturated carbocycles. The van der Waals surface area contributed by atoms with Gasteiger partial charge in [-0.05, 0) is 67.7 Å². The van der Waals surface area contributed by atoms with E-state index in [4.69, 9.17) is 15.0 Å². The highest BCUT2D eigenvalue weighted by Crippen LogP contribution is 2.45. The van der Waals surface area contributed by atoms with Gasteiger partial charge in [-0.2, -0.15) is 9.97 Å². The Labute approximate surface area is 325 Å². The number of nitrogens with zero attached hydrogens (tertiary/aromatic N) is 4. The first-order chi connectivity index (χ1) is 27.8. The molecule has 0 aliphatic heterocycles. The zero-order chi connectivity index (χ0) is 36.7. The number of benzene rings is 9. The lowest BCUT2D eigenvalue weighted by Crippen LogP contribution is -2.06. The van der Waals surface area contributed by atoms with Gasteiger partial charge in [0.2, 0.25) is 5.95 Å². The van der Waals surface area contributed by atoms with Crippen LogP contribution in [0.1, 0.15) is 0 Å². The molecule has 0 amide bonds. The molecule has 0 N–H and O–H groups in total. The third kappa shape index (κ3) is 4.62. The number of para-hydroxylation sites is 2. The summed E-state index contributed by atoms with van der Waals surface area (Å²) in [6, 6.07) is 64.9. The lowest BCUT2D eigenvalue weighted by molar-refractivity contribution is 0.954. The van der Waals surface area contributed by atoms with E-state index in [-0.39, 0.29) is 0 Å². The van der Waals surface area contributed by atoms with Crippen LogP contribution >= 0.6 is 11.3 Å². The largest absolute Gasteiger partial charge is 0.278 e. The monoisotopic (exact) mass is 730 g/mol. The van der Waals surface area contributed by atoms with Gasteiger partial charge >= 0.3 is 0 Å². The van der Waals surface area contributed by atoms with Gasteiger partial charge < -0.3 is 0 Å². The zero-order valence-corrected chi connectivity index (χ0v) is 30.8. The molecule has 56 heavy (non-hydrogen) atoms. The van der Waals surface area contributed by atoms with Crippen molar-refractivity contribution in [3.05, 3.63) is 182 Å². The molecule has 0 atom stereocenters. The van der Waals surface area contributed by atoms with Crippen LogP contribution in [0.25, 0.3) is 114 Å². The van der Waals surface area contributed by atoms with Crippen molar-refractivity contribution in [2.75, 3.05) is 0 Å². The van der Waals surface area contributed by atoms with E-state index in [0.717, 1.165) is 26.9 Å². The van der Waals surface area contributed by atoms with E-state index in [2.05, 4.69) is 168 Å². The highest BCUT2D eigenvalue weighted by molar-refractivity contribution is 7.26. The minimum absolute atomic E-state index is 0.598. The number of aromatic nitrogens is 4. The van der Waals surface area contributed by atoms with Crippen molar-refractivity contribution >= 4 is 85.6 Å². The molecule has 0 spiro atoms. The first-order valence-corrected chi connectivity index (χ1v) is 19.7. The highest BCUT2D eigenvalue weighted by atomic mass is 32.1. The molecule has 5 heteroatoms. The number of rotatable bonds is 4. The molecule has 12 aromatic rings. The zero-order valence-electron chi connectivity index (χ0n) is 30.0. The fourth-order valence-electron chi connectivity index (χ4n) is 8.74. The van der Waals surface area contributed by atoms with Crippen LogP contribution in [-0.2, 0) is 0 Å². The Bertz CT molecular complexity index is 3460. The molecule has 0 aliphatic carbocycles. The average Bonchev–Trinajstić information content (AvgIpc) is 3.83. The van der Waals surface area contributed by atoms with E-state index >= 15 is 0 Å². The molecule has 3 heterocycles. The molecular formula is C51H30N4S. The summed E-state index contributed by atoms with van der Waals surface area (Å²) in [4.78, 5) is 15.7. The third-order valence-corrected chi connectivity index (χ3v) is 12.5. The predicted octanol–water partition coefficient (Wildman–Crippen LogP) is 13.8. The van der Waals surface area contributed by atoms with E-state index in [1.54, 1.807) is 0 Å². The molecule has 0 saturated heterocycles. The first-order valence-electron chi connectivity index (χ1n) is 18.9. The number of thiophene rings is 1. The molecular weight excluding hydrogens is 701 g/mol. The maximum atomic E-state index is 5.31. The Morgan fingerprint density at radius 3 is 1.45 bits per heavy atom. The molecule has 0 aliphatic rings. The van der Waals surface area contributed by atoms with Gasteiger partial charge in [-0.25, -0.2) is 4.98 Å². The molecule has 4 nitrogen and oxygen atoms in total. The Morgan fingerprint density at radius 1 is 0.321 bits per heavy atom. The van der Waals surface area contributed by atoms with Gasteiger partial charge in [0.05, 0.1) is 11.0 Å². The molecule has 260 valence electrons. The van der Waals surface area contributed by atoms with Gasteiger partial charge in [0.1, 0.15) is 0 Å².